The van der Waals surface area contributed by atoms with Gasteiger partial charge in [-0.05, 0) is 98.7 Å². The summed E-state index contributed by atoms with van der Waals surface area (Å²) in [6.45, 7) is 0.218. The molecule has 178 valence electrons. The predicted octanol–water partition coefficient (Wildman–Crippen LogP) is 7.37. The standard InChI is InChI=1S/C24H13Br2Cl2IN2O4/c25-14-2-5-16(6-3-14)31-23(33)17(22(32)30-24(31)34)7-12-8-18(26)21(20(29)9-12)35-11-13-1-4-15(27)10-19(13)28/h1-10H,11H2,(H,30,32,34)/b17-7+. The van der Waals surface area contributed by atoms with Gasteiger partial charge in [-0.25, -0.2) is 9.69 Å². The van der Waals surface area contributed by atoms with E-state index in [2.05, 4.69) is 59.8 Å². The van der Waals surface area contributed by atoms with Crippen LogP contribution in [0.5, 0.6) is 5.75 Å². The molecule has 0 radical (unpaired) electrons. The van der Waals surface area contributed by atoms with E-state index in [1.54, 1.807) is 54.6 Å². The van der Waals surface area contributed by atoms with Gasteiger partial charge in [-0.15, -0.1) is 0 Å². The second kappa shape index (κ2) is 11.0. The van der Waals surface area contributed by atoms with Crippen molar-refractivity contribution >= 4 is 107 Å². The zero-order valence-electron chi connectivity index (χ0n) is 17.5. The first kappa shape index (κ1) is 26.2. The highest BCUT2D eigenvalue weighted by atomic mass is 127. The first-order valence-corrected chi connectivity index (χ1v) is 13.3. The Bertz CT molecular complexity index is 1370. The SMILES string of the molecule is O=C1NC(=O)N(c2ccc(Br)cc2)C(=O)/C1=C/c1cc(Br)c(OCc2ccc(Cl)cc2Cl)c(I)c1. The molecule has 0 saturated carbocycles. The van der Waals surface area contributed by atoms with Crippen LogP contribution in [-0.2, 0) is 16.2 Å². The Morgan fingerprint density at radius 3 is 2.37 bits per heavy atom. The number of nitrogens with zero attached hydrogens (tertiary/aromatic N) is 1. The average Bonchev–Trinajstić information content (AvgIpc) is 2.78. The molecule has 1 aliphatic heterocycles. The Balaban J connectivity index is 1.60. The van der Waals surface area contributed by atoms with Gasteiger partial charge < -0.3 is 4.74 Å². The molecule has 3 aromatic rings. The van der Waals surface area contributed by atoms with E-state index < -0.39 is 17.8 Å². The van der Waals surface area contributed by atoms with Gasteiger partial charge in [-0.3, -0.25) is 14.9 Å². The van der Waals surface area contributed by atoms with Crippen molar-refractivity contribution in [1.29, 1.82) is 0 Å². The quantitative estimate of drug-likeness (QED) is 0.168. The minimum Gasteiger partial charge on any atom is -0.487 e. The fourth-order valence-corrected chi connectivity index (χ4v) is 5.73. The lowest BCUT2D eigenvalue weighted by atomic mass is 10.1. The second-order valence-electron chi connectivity index (χ2n) is 7.27. The third kappa shape index (κ3) is 5.91. The zero-order valence-corrected chi connectivity index (χ0v) is 24.3. The fourth-order valence-electron chi connectivity index (χ4n) is 3.24. The molecule has 4 amide bonds. The molecule has 0 bridgehead atoms. The first-order chi connectivity index (χ1) is 16.6. The van der Waals surface area contributed by atoms with E-state index in [9.17, 15) is 14.4 Å². The van der Waals surface area contributed by atoms with Crippen LogP contribution in [0.25, 0.3) is 6.08 Å². The molecular weight excluding hydrogens is 738 g/mol. The second-order valence-corrected chi connectivity index (χ2v) is 11.0. The lowest BCUT2D eigenvalue weighted by Gasteiger charge is -2.26. The number of carbonyl (C=O) groups excluding carboxylic acids is 3. The van der Waals surface area contributed by atoms with Crippen LogP contribution in [0, 0.1) is 3.57 Å². The van der Waals surface area contributed by atoms with E-state index >= 15 is 0 Å². The topological polar surface area (TPSA) is 75.7 Å². The summed E-state index contributed by atoms with van der Waals surface area (Å²) in [6.07, 6.45) is 1.43. The molecule has 4 rings (SSSR count). The maximum atomic E-state index is 13.1. The molecule has 1 heterocycles. The molecule has 1 aliphatic rings. The Morgan fingerprint density at radius 1 is 1.00 bits per heavy atom. The van der Waals surface area contributed by atoms with Gasteiger partial charge in [0.05, 0.1) is 13.7 Å². The smallest absolute Gasteiger partial charge is 0.335 e. The normalized spacial score (nSPS) is 14.9. The van der Waals surface area contributed by atoms with Gasteiger partial charge in [-0.2, -0.15) is 0 Å². The van der Waals surface area contributed by atoms with Crippen LogP contribution in [0.15, 0.2) is 69.1 Å². The summed E-state index contributed by atoms with van der Waals surface area (Å²) in [6, 6.07) is 14.4. The number of anilines is 1. The maximum absolute atomic E-state index is 13.1. The molecule has 6 nitrogen and oxygen atoms in total. The van der Waals surface area contributed by atoms with Gasteiger partial charge in [0.1, 0.15) is 17.9 Å². The fraction of sp³-hybridized carbons (Fsp3) is 0.0417. The Morgan fingerprint density at radius 2 is 1.71 bits per heavy atom. The molecule has 11 heteroatoms. The molecule has 35 heavy (non-hydrogen) atoms. The first-order valence-electron chi connectivity index (χ1n) is 9.87. The lowest BCUT2D eigenvalue weighted by molar-refractivity contribution is -0.122. The number of halogens is 5. The van der Waals surface area contributed by atoms with Crippen molar-refractivity contribution < 1.29 is 19.1 Å². The van der Waals surface area contributed by atoms with Gasteiger partial charge in [-0.1, -0.05) is 45.2 Å². The van der Waals surface area contributed by atoms with E-state index in [-0.39, 0.29) is 12.2 Å². The largest absolute Gasteiger partial charge is 0.487 e. The van der Waals surface area contributed by atoms with E-state index in [1.165, 1.54) is 6.08 Å². The van der Waals surface area contributed by atoms with Gasteiger partial charge in [0.2, 0.25) is 0 Å². The van der Waals surface area contributed by atoms with E-state index in [0.29, 0.717) is 31.5 Å². The molecular formula is C24H13Br2Cl2IN2O4. The Labute approximate surface area is 241 Å². The van der Waals surface area contributed by atoms with E-state index in [1.807, 2.05) is 0 Å². The summed E-state index contributed by atoms with van der Waals surface area (Å²) in [7, 11) is 0. The number of benzene rings is 3. The number of imide groups is 2. The van der Waals surface area contributed by atoms with Crippen molar-refractivity contribution in [1.82, 2.24) is 5.32 Å². The highest BCUT2D eigenvalue weighted by Crippen LogP contribution is 2.34. The predicted molar refractivity (Wildman–Crippen MR) is 151 cm³/mol. The number of ether oxygens (including phenoxy) is 1. The van der Waals surface area contributed by atoms with Gasteiger partial charge in [0, 0.05) is 20.1 Å². The number of nitrogens with one attached hydrogen (secondary N) is 1. The van der Waals surface area contributed by atoms with Crippen molar-refractivity contribution in [3.05, 3.63) is 93.9 Å². The molecule has 1 fully saturated rings. The monoisotopic (exact) mass is 748 g/mol. The zero-order chi connectivity index (χ0) is 25.3. The number of carbonyl (C=O) groups is 3. The number of hydrogen-bond acceptors (Lipinski definition) is 4. The molecule has 1 saturated heterocycles. The highest BCUT2D eigenvalue weighted by molar-refractivity contribution is 14.1. The van der Waals surface area contributed by atoms with Gasteiger partial charge in [0.15, 0.2) is 0 Å². The highest BCUT2D eigenvalue weighted by Gasteiger charge is 2.36. The summed E-state index contributed by atoms with van der Waals surface area (Å²) < 4.78 is 8.10. The third-order valence-corrected chi connectivity index (χ3v) is 7.41. The molecule has 0 atom stereocenters. The molecule has 0 aliphatic carbocycles. The van der Waals surface area contributed by atoms with Crippen LogP contribution < -0.4 is 15.0 Å². The van der Waals surface area contributed by atoms with E-state index in [0.717, 1.165) is 18.5 Å². The molecule has 0 aromatic heterocycles. The van der Waals surface area contributed by atoms with Crippen LogP contribution in [0.3, 0.4) is 0 Å². The maximum Gasteiger partial charge on any atom is 0.335 e. The number of rotatable bonds is 5. The van der Waals surface area contributed by atoms with Crippen molar-refractivity contribution in [2.75, 3.05) is 4.90 Å². The summed E-state index contributed by atoms with van der Waals surface area (Å²) >= 11 is 21.1. The summed E-state index contributed by atoms with van der Waals surface area (Å²) in [5.41, 5.74) is 1.51. The molecule has 0 unspecified atom stereocenters. The average molecular weight is 751 g/mol. The van der Waals surface area contributed by atoms with Crippen molar-refractivity contribution in [3.8, 4) is 5.75 Å². The van der Waals surface area contributed by atoms with Crippen LogP contribution >= 0.6 is 77.7 Å². The molecule has 3 aromatic carbocycles. The van der Waals surface area contributed by atoms with Crippen LogP contribution in [0.2, 0.25) is 10.0 Å². The minimum atomic E-state index is -0.806. The van der Waals surface area contributed by atoms with E-state index in [4.69, 9.17) is 27.9 Å². The van der Waals surface area contributed by atoms with Crippen LogP contribution in [0.4, 0.5) is 10.5 Å². The molecule has 1 N–H and O–H groups in total. The number of urea groups is 1. The number of barbiturate groups is 1. The van der Waals surface area contributed by atoms with Crippen molar-refractivity contribution in [3.63, 3.8) is 0 Å². The third-order valence-electron chi connectivity index (χ3n) is 4.91. The summed E-state index contributed by atoms with van der Waals surface area (Å²) in [5, 5.41) is 3.25. The number of amides is 4. The van der Waals surface area contributed by atoms with Crippen molar-refractivity contribution in [2.45, 2.75) is 6.61 Å². The summed E-state index contributed by atoms with van der Waals surface area (Å²) in [5.74, 6) is -0.910. The van der Waals surface area contributed by atoms with Gasteiger partial charge in [0.25, 0.3) is 11.8 Å². The molecule has 0 spiro atoms. The lowest BCUT2D eigenvalue weighted by Crippen LogP contribution is -2.54. The Kier molecular flexibility index (Phi) is 8.22. The van der Waals surface area contributed by atoms with Crippen molar-refractivity contribution in [2.24, 2.45) is 0 Å². The van der Waals surface area contributed by atoms with Crippen LogP contribution in [-0.4, -0.2) is 17.8 Å². The Hall–Kier alpha value is -1.92. The van der Waals surface area contributed by atoms with Gasteiger partial charge >= 0.3 is 6.03 Å². The minimum absolute atomic E-state index is 0.170. The number of hydrogen-bond donors (Lipinski definition) is 1. The van der Waals surface area contributed by atoms with Crippen LogP contribution in [0.1, 0.15) is 11.1 Å². The summed E-state index contributed by atoms with van der Waals surface area (Å²) in [4.78, 5) is 38.9.